The molecule has 2 fully saturated rings. The average Bonchev–Trinajstić information content (AvgIpc) is 3.54. The molecular weight excluding hydrogens is 428 g/mol. The first kappa shape index (κ1) is 20.7. The Morgan fingerprint density at radius 1 is 1.09 bits per heavy atom. The minimum atomic E-state index is -0.457. The molecule has 1 aromatic carbocycles. The van der Waals surface area contributed by atoms with Gasteiger partial charge in [0.05, 0.1) is 29.1 Å². The van der Waals surface area contributed by atoms with Gasteiger partial charge in [-0.15, -0.1) is 21.5 Å². The van der Waals surface area contributed by atoms with Crippen molar-refractivity contribution in [3.05, 3.63) is 47.3 Å². The van der Waals surface area contributed by atoms with Crippen LogP contribution in [0.2, 0.25) is 0 Å². The summed E-state index contributed by atoms with van der Waals surface area (Å²) in [6.07, 6.45) is 1.74. The zero-order valence-corrected chi connectivity index (χ0v) is 18.4. The number of hydrogen-bond acceptors (Lipinski definition) is 8. The third-order valence-electron chi connectivity index (χ3n) is 6.09. The molecule has 0 bridgehead atoms. The number of carbonyl (C=O) groups excluding carboxylic acids is 3. The van der Waals surface area contributed by atoms with Gasteiger partial charge in [-0.3, -0.25) is 19.3 Å². The van der Waals surface area contributed by atoms with Crippen molar-refractivity contribution in [1.82, 2.24) is 25.1 Å². The number of benzene rings is 1. The lowest BCUT2D eigenvalue weighted by atomic mass is 10.0. The molecule has 9 nitrogen and oxygen atoms in total. The third kappa shape index (κ3) is 3.76. The van der Waals surface area contributed by atoms with E-state index in [1.165, 1.54) is 11.8 Å². The number of carbonyl (C=O) groups is 3. The molecule has 0 radical (unpaired) electrons. The van der Waals surface area contributed by atoms with Crippen LogP contribution in [0.5, 0.6) is 0 Å². The summed E-state index contributed by atoms with van der Waals surface area (Å²) in [6.45, 7) is 2.85. The topological polar surface area (TPSA) is 101 Å². The Morgan fingerprint density at radius 3 is 2.50 bits per heavy atom. The summed E-state index contributed by atoms with van der Waals surface area (Å²) < 4.78 is 0. The van der Waals surface area contributed by atoms with Gasteiger partial charge in [-0.1, -0.05) is 6.07 Å². The van der Waals surface area contributed by atoms with Crippen molar-refractivity contribution in [2.45, 2.75) is 38.3 Å². The van der Waals surface area contributed by atoms with Gasteiger partial charge in [0.15, 0.2) is 5.78 Å². The van der Waals surface area contributed by atoms with Crippen molar-refractivity contribution >= 4 is 34.6 Å². The van der Waals surface area contributed by atoms with E-state index in [-0.39, 0.29) is 30.1 Å². The first-order valence-corrected chi connectivity index (χ1v) is 11.4. The van der Waals surface area contributed by atoms with E-state index in [0.29, 0.717) is 30.2 Å². The second kappa shape index (κ2) is 8.36. The zero-order valence-electron chi connectivity index (χ0n) is 17.5. The van der Waals surface area contributed by atoms with Gasteiger partial charge in [0.25, 0.3) is 5.91 Å². The second-order valence-corrected chi connectivity index (χ2v) is 9.02. The van der Waals surface area contributed by atoms with E-state index in [4.69, 9.17) is 0 Å². The molecule has 164 valence electrons. The Hall–Kier alpha value is -3.24. The summed E-state index contributed by atoms with van der Waals surface area (Å²) in [4.78, 5) is 43.2. The lowest BCUT2D eigenvalue weighted by Crippen LogP contribution is -2.46. The van der Waals surface area contributed by atoms with E-state index in [1.54, 1.807) is 40.4 Å². The van der Waals surface area contributed by atoms with Crippen LogP contribution in [0.3, 0.4) is 0 Å². The van der Waals surface area contributed by atoms with Gasteiger partial charge in [0.2, 0.25) is 11.7 Å². The largest absolute Gasteiger partial charge is 0.295 e. The van der Waals surface area contributed by atoms with Gasteiger partial charge in [-0.05, 0) is 60.7 Å². The van der Waals surface area contributed by atoms with Crippen molar-refractivity contribution in [1.29, 1.82) is 0 Å². The fourth-order valence-electron chi connectivity index (χ4n) is 4.33. The molecule has 10 heteroatoms. The maximum absolute atomic E-state index is 13.1. The van der Waals surface area contributed by atoms with Gasteiger partial charge < -0.3 is 0 Å². The molecule has 1 unspecified atom stereocenters. The number of rotatable bonds is 5. The molecular formula is C22H22N6O3S. The number of hydrogen-bond donors (Lipinski definition) is 0. The predicted octanol–water partition coefficient (Wildman–Crippen LogP) is 2.57. The lowest BCUT2D eigenvalue weighted by Gasteiger charge is -2.34. The lowest BCUT2D eigenvalue weighted by molar-refractivity contribution is -0.123. The highest BCUT2D eigenvalue weighted by Gasteiger charge is 2.43. The number of aromatic nitrogens is 4. The Labute approximate surface area is 188 Å². The number of piperidine rings is 1. The Kier molecular flexibility index (Phi) is 5.40. The molecule has 3 aromatic rings. The Bertz CT molecular complexity index is 1150. The van der Waals surface area contributed by atoms with Crippen LogP contribution in [0.15, 0.2) is 41.8 Å². The van der Waals surface area contributed by atoms with E-state index >= 15 is 0 Å². The molecule has 2 aliphatic heterocycles. The number of likely N-dealkylation sites (tertiary alicyclic amines) is 1. The third-order valence-corrected chi connectivity index (χ3v) is 6.96. The predicted molar refractivity (Wildman–Crippen MR) is 118 cm³/mol. The molecule has 0 spiro atoms. The van der Waals surface area contributed by atoms with Crippen LogP contribution in [-0.2, 0) is 9.59 Å². The van der Waals surface area contributed by atoms with Crippen LogP contribution >= 0.6 is 11.3 Å². The quantitative estimate of drug-likeness (QED) is 0.435. The number of thiophene rings is 1. The number of Topliss-reactive ketones (excluding diaryl/α,β-unsaturated/α-hetero) is 1. The van der Waals surface area contributed by atoms with Crippen molar-refractivity contribution < 1.29 is 14.4 Å². The molecule has 2 aliphatic rings. The standard InChI is InChI=1S/C22H22N6O3S/c1-14(29)15-4-6-16(7-5-15)27-20(30)13-18(22(27)31)26-10-8-17(9-11-26)28-24-21(23-25-28)19-3-2-12-32-19/h2-7,12,17-18H,8-11,13H2,1H3. The smallest absolute Gasteiger partial charge is 0.251 e. The van der Waals surface area contributed by atoms with Crippen molar-refractivity contribution in [3.8, 4) is 10.7 Å². The minimum absolute atomic E-state index is 0.0549. The Balaban J connectivity index is 1.23. The summed E-state index contributed by atoms with van der Waals surface area (Å²) in [7, 11) is 0. The monoisotopic (exact) mass is 450 g/mol. The maximum atomic E-state index is 13.1. The molecule has 0 saturated carbocycles. The number of anilines is 1. The first-order valence-electron chi connectivity index (χ1n) is 10.6. The number of amides is 2. The summed E-state index contributed by atoms with van der Waals surface area (Å²) >= 11 is 1.58. The molecule has 2 aromatic heterocycles. The van der Waals surface area contributed by atoms with Crippen LogP contribution < -0.4 is 4.90 Å². The summed E-state index contributed by atoms with van der Waals surface area (Å²) in [5.41, 5.74) is 1.06. The van der Waals surface area contributed by atoms with Crippen molar-refractivity contribution in [2.75, 3.05) is 18.0 Å². The summed E-state index contributed by atoms with van der Waals surface area (Å²) in [5.74, 6) is 0.158. The normalized spacial score (nSPS) is 20.3. The maximum Gasteiger partial charge on any atom is 0.251 e. The highest BCUT2D eigenvalue weighted by Crippen LogP contribution is 2.30. The molecule has 2 amide bonds. The van der Waals surface area contributed by atoms with Crippen LogP contribution in [0, 0.1) is 0 Å². The van der Waals surface area contributed by atoms with E-state index in [2.05, 4.69) is 20.3 Å². The van der Waals surface area contributed by atoms with Gasteiger partial charge in [-0.25, -0.2) is 4.90 Å². The molecule has 1 atom stereocenters. The first-order chi connectivity index (χ1) is 15.5. The fourth-order valence-corrected chi connectivity index (χ4v) is 4.98. The van der Waals surface area contributed by atoms with Gasteiger partial charge in [0.1, 0.15) is 0 Å². The van der Waals surface area contributed by atoms with E-state index in [0.717, 1.165) is 17.7 Å². The molecule has 2 saturated heterocycles. The molecule has 32 heavy (non-hydrogen) atoms. The van der Waals surface area contributed by atoms with Crippen LogP contribution in [-0.4, -0.2) is 61.8 Å². The summed E-state index contributed by atoms with van der Waals surface area (Å²) in [5, 5.41) is 14.9. The Morgan fingerprint density at radius 2 is 1.84 bits per heavy atom. The van der Waals surface area contributed by atoms with Gasteiger partial charge in [-0.2, -0.15) is 4.80 Å². The summed E-state index contributed by atoms with van der Waals surface area (Å²) in [6, 6.07) is 10.2. The molecule has 0 aliphatic carbocycles. The second-order valence-electron chi connectivity index (χ2n) is 8.07. The SMILES string of the molecule is CC(=O)c1ccc(N2C(=O)CC(N3CCC(n4nnc(-c5cccs5)n4)CC3)C2=O)cc1. The van der Waals surface area contributed by atoms with E-state index in [9.17, 15) is 14.4 Å². The van der Waals surface area contributed by atoms with Crippen LogP contribution in [0.4, 0.5) is 5.69 Å². The van der Waals surface area contributed by atoms with Gasteiger partial charge in [0, 0.05) is 18.7 Å². The van der Waals surface area contributed by atoms with Gasteiger partial charge >= 0.3 is 0 Å². The minimum Gasteiger partial charge on any atom is -0.295 e. The van der Waals surface area contributed by atoms with Crippen molar-refractivity contribution in [3.63, 3.8) is 0 Å². The van der Waals surface area contributed by atoms with E-state index < -0.39 is 6.04 Å². The molecule has 0 N–H and O–H groups in total. The molecule has 4 heterocycles. The number of nitrogens with zero attached hydrogens (tertiary/aromatic N) is 6. The van der Waals surface area contributed by atoms with E-state index in [1.807, 2.05) is 17.5 Å². The highest BCUT2D eigenvalue weighted by atomic mass is 32.1. The fraction of sp³-hybridized carbons (Fsp3) is 0.364. The van der Waals surface area contributed by atoms with Crippen LogP contribution in [0.1, 0.15) is 42.6 Å². The average molecular weight is 451 g/mol. The zero-order chi connectivity index (χ0) is 22.2. The van der Waals surface area contributed by atoms with Crippen LogP contribution in [0.25, 0.3) is 10.7 Å². The number of ketones is 1. The number of tetrazole rings is 1. The molecule has 5 rings (SSSR count). The number of imide groups is 1. The highest BCUT2D eigenvalue weighted by molar-refractivity contribution is 7.13. The van der Waals surface area contributed by atoms with Crippen molar-refractivity contribution in [2.24, 2.45) is 0 Å².